The van der Waals surface area contributed by atoms with Crippen LogP contribution in [0.3, 0.4) is 0 Å². The van der Waals surface area contributed by atoms with Crippen molar-refractivity contribution in [3.63, 3.8) is 0 Å². The van der Waals surface area contributed by atoms with Gasteiger partial charge in [-0.25, -0.2) is 0 Å². The first-order valence-corrected chi connectivity index (χ1v) is 7.14. The molecule has 4 heteroatoms. The van der Waals surface area contributed by atoms with Gasteiger partial charge in [0.2, 0.25) is 0 Å². The molecule has 0 bridgehead atoms. The van der Waals surface area contributed by atoms with Crippen molar-refractivity contribution >= 4 is 11.3 Å². The molecule has 0 unspecified atom stereocenters. The smallest absolute Gasteiger partial charge is 0.0594 e. The number of rotatable bonds is 5. The van der Waals surface area contributed by atoms with Gasteiger partial charge in [-0.1, -0.05) is 0 Å². The highest BCUT2D eigenvalue weighted by Gasteiger charge is 2.09. The van der Waals surface area contributed by atoms with Gasteiger partial charge in [-0.2, -0.15) is 0 Å². The van der Waals surface area contributed by atoms with E-state index in [0.717, 1.165) is 45.9 Å². The zero-order chi connectivity index (χ0) is 12.1. The maximum atomic E-state index is 5.33. The molecule has 1 aromatic heterocycles. The predicted molar refractivity (Wildman–Crippen MR) is 72.8 cm³/mol. The Kier molecular flexibility index (Phi) is 4.98. The third-order valence-corrected chi connectivity index (χ3v) is 4.38. The van der Waals surface area contributed by atoms with Crippen molar-refractivity contribution in [3.8, 4) is 0 Å². The van der Waals surface area contributed by atoms with Crippen molar-refractivity contribution in [2.75, 3.05) is 39.4 Å². The van der Waals surface area contributed by atoms with Crippen LogP contribution in [0.15, 0.2) is 6.07 Å². The number of aryl methyl sites for hydroxylation is 2. The lowest BCUT2D eigenvalue weighted by atomic mass is 10.3. The minimum atomic E-state index is 0.892. The van der Waals surface area contributed by atoms with E-state index in [1.807, 2.05) is 11.3 Å². The van der Waals surface area contributed by atoms with Gasteiger partial charge in [-0.15, -0.1) is 11.3 Å². The molecule has 2 rings (SSSR count). The van der Waals surface area contributed by atoms with Crippen molar-refractivity contribution in [1.82, 2.24) is 10.2 Å². The molecular weight excluding hydrogens is 232 g/mol. The summed E-state index contributed by atoms with van der Waals surface area (Å²) in [5.41, 5.74) is 1.42. The van der Waals surface area contributed by atoms with E-state index in [1.54, 1.807) is 0 Å². The van der Waals surface area contributed by atoms with Gasteiger partial charge in [0, 0.05) is 42.5 Å². The van der Waals surface area contributed by atoms with Crippen LogP contribution < -0.4 is 5.32 Å². The van der Waals surface area contributed by atoms with Gasteiger partial charge in [0.15, 0.2) is 0 Å². The number of nitrogens with zero attached hydrogens (tertiary/aromatic N) is 1. The second-order valence-corrected chi connectivity index (χ2v) is 5.92. The zero-order valence-electron chi connectivity index (χ0n) is 10.8. The van der Waals surface area contributed by atoms with Crippen molar-refractivity contribution in [2.24, 2.45) is 0 Å². The van der Waals surface area contributed by atoms with E-state index in [0.29, 0.717) is 0 Å². The van der Waals surface area contributed by atoms with Gasteiger partial charge >= 0.3 is 0 Å². The van der Waals surface area contributed by atoms with Crippen LogP contribution in [0.1, 0.15) is 15.3 Å². The summed E-state index contributed by atoms with van der Waals surface area (Å²) in [7, 11) is 0. The number of morpholine rings is 1. The molecule has 1 aliphatic heterocycles. The number of ether oxygens (including phenoxy) is 1. The molecule has 0 saturated carbocycles. The summed E-state index contributed by atoms with van der Waals surface area (Å²) in [5.74, 6) is 0. The molecule has 1 N–H and O–H groups in total. The predicted octanol–water partition coefficient (Wildman–Crippen LogP) is 1.79. The molecule has 1 aromatic rings. The highest BCUT2D eigenvalue weighted by Crippen LogP contribution is 2.20. The van der Waals surface area contributed by atoms with Gasteiger partial charge in [-0.3, -0.25) is 4.90 Å². The molecule has 0 spiro atoms. The van der Waals surface area contributed by atoms with E-state index in [1.165, 1.54) is 15.3 Å². The van der Waals surface area contributed by atoms with E-state index < -0.39 is 0 Å². The maximum Gasteiger partial charge on any atom is 0.0594 e. The molecule has 1 fully saturated rings. The second kappa shape index (κ2) is 6.50. The largest absolute Gasteiger partial charge is 0.379 e. The third kappa shape index (κ3) is 4.07. The monoisotopic (exact) mass is 254 g/mol. The topological polar surface area (TPSA) is 24.5 Å². The molecule has 1 saturated heterocycles. The summed E-state index contributed by atoms with van der Waals surface area (Å²) < 4.78 is 5.33. The lowest BCUT2D eigenvalue weighted by Gasteiger charge is -2.26. The van der Waals surface area contributed by atoms with Gasteiger partial charge in [-0.05, 0) is 25.5 Å². The zero-order valence-corrected chi connectivity index (χ0v) is 11.6. The molecule has 0 amide bonds. The molecule has 0 atom stereocenters. The molecule has 0 aromatic carbocycles. The summed E-state index contributed by atoms with van der Waals surface area (Å²) in [6.45, 7) is 11.5. The van der Waals surface area contributed by atoms with Crippen LogP contribution in [-0.4, -0.2) is 44.3 Å². The van der Waals surface area contributed by atoms with Crippen molar-refractivity contribution in [2.45, 2.75) is 20.4 Å². The Bertz CT molecular complexity index is 326. The van der Waals surface area contributed by atoms with Crippen LogP contribution in [0.25, 0.3) is 0 Å². The Morgan fingerprint density at radius 2 is 2.12 bits per heavy atom. The molecule has 96 valence electrons. The van der Waals surface area contributed by atoms with Gasteiger partial charge < -0.3 is 10.1 Å². The molecule has 2 heterocycles. The fourth-order valence-corrected chi connectivity index (χ4v) is 3.03. The Labute approximate surface area is 108 Å². The third-order valence-electron chi connectivity index (χ3n) is 3.22. The summed E-state index contributed by atoms with van der Waals surface area (Å²) >= 11 is 1.90. The van der Waals surface area contributed by atoms with Crippen molar-refractivity contribution in [3.05, 3.63) is 21.4 Å². The lowest BCUT2D eigenvalue weighted by Crippen LogP contribution is -2.40. The first-order valence-electron chi connectivity index (χ1n) is 6.32. The Morgan fingerprint density at radius 3 is 2.76 bits per heavy atom. The van der Waals surface area contributed by atoms with Crippen molar-refractivity contribution < 1.29 is 4.74 Å². The molecular formula is C13H22N2OS. The van der Waals surface area contributed by atoms with E-state index in [-0.39, 0.29) is 0 Å². The summed E-state index contributed by atoms with van der Waals surface area (Å²) in [4.78, 5) is 5.35. The molecule has 17 heavy (non-hydrogen) atoms. The number of hydrogen-bond donors (Lipinski definition) is 1. The van der Waals surface area contributed by atoms with E-state index in [2.05, 4.69) is 30.1 Å². The normalized spacial score (nSPS) is 17.5. The van der Waals surface area contributed by atoms with Crippen molar-refractivity contribution in [1.29, 1.82) is 0 Å². The molecule has 3 nitrogen and oxygen atoms in total. The standard InChI is InChI=1S/C13H22N2OS/c1-11-9-13(17-12(11)2)10-14-3-4-15-5-7-16-8-6-15/h9,14H,3-8,10H2,1-2H3. The Morgan fingerprint density at radius 1 is 1.35 bits per heavy atom. The minimum absolute atomic E-state index is 0.892. The molecule has 1 aliphatic rings. The van der Waals surface area contributed by atoms with E-state index >= 15 is 0 Å². The minimum Gasteiger partial charge on any atom is -0.379 e. The number of nitrogens with one attached hydrogen (secondary N) is 1. The SMILES string of the molecule is Cc1cc(CNCCN2CCOCC2)sc1C. The summed E-state index contributed by atoms with van der Waals surface area (Å²) in [5, 5.41) is 3.52. The highest BCUT2D eigenvalue weighted by molar-refractivity contribution is 7.12. The fourth-order valence-electron chi connectivity index (χ4n) is 2.01. The summed E-state index contributed by atoms with van der Waals surface area (Å²) in [6, 6.07) is 2.29. The number of thiophene rings is 1. The molecule has 0 aliphatic carbocycles. The fraction of sp³-hybridized carbons (Fsp3) is 0.692. The summed E-state index contributed by atoms with van der Waals surface area (Å²) in [6.07, 6.45) is 0. The van der Waals surface area contributed by atoms with Crippen LogP contribution in [0.4, 0.5) is 0 Å². The average Bonchev–Trinajstić information content (AvgIpc) is 2.66. The van der Waals surface area contributed by atoms with Gasteiger partial charge in [0.25, 0.3) is 0 Å². The first-order chi connectivity index (χ1) is 8.25. The Balaban J connectivity index is 1.62. The Hall–Kier alpha value is -0.420. The highest BCUT2D eigenvalue weighted by atomic mass is 32.1. The van der Waals surface area contributed by atoms with Crippen LogP contribution in [0.2, 0.25) is 0 Å². The number of hydrogen-bond acceptors (Lipinski definition) is 4. The maximum absolute atomic E-state index is 5.33. The van der Waals surface area contributed by atoms with E-state index in [4.69, 9.17) is 4.74 Å². The van der Waals surface area contributed by atoms with Gasteiger partial charge in [0.1, 0.15) is 0 Å². The van der Waals surface area contributed by atoms with Gasteiger partial charge in [0.05, 0.1) is 13.2 Å². The molecule has 0 radical (unpaired) electrons. The second-order valence-electron chi connectivity index (χ2n) is 4.58. The van der Waals surface area contributed by atoms with Crippen LogP contribution in [0.5, 0.6) is 0 Å². The quantitative estimate of drug-likeness (QED) is 0.811. The van der Waals surface area contributed by atoms with Crippen LogP contribution in [-0.2, 0) is 11.3 Å². The average molecular weight is 254 g/mol. The van der Waals surface area contributed by atoms with Crippen LogP contribution >= 0.6 is 11.3 Å². The lowest BCUT2D eigenvalue weighted by molar-refractivity contribution is 0.0384. The van der Waals surface area contributed by atoms with E-state index in [9.17, 15) is 0 Å². The first kappa shape index (κ1) is 13.0. The van der Waals surface area contributed by atoms with Crippen LogP contribution in [0, 0.1) is 13.8 Å².